The number of aromatic nitrogens is 2. The van der Waals surface area contributed by atoms with Crippen LogP contribution >= 0.6 is 11.3 Å². The molecular weight excluding hydrogens is 417 g/mol. The normalized spacial score (nSPS) is 25.6. The molecule has 1 amide bonds. The standard InChI is InChI=1S/C23H18FN3O3S/c24-13-7-8-15-17(10-13)31-23(26-15)27-19(12-4-3-9-25-11-12)18-20(28)14-5-1-2-6-16(14)30-21(18)22(27)29/h3-4,7-11,14,16,19H,1-2,5-6H2. The van der Waals surface area contributed by atoms with Gasteiger partial charge in [-0.2, -0.15) is 0 Å². The maximum absolute atomic E-state index is 13.7. The number of hydrogen-bond acceptors (Lipinski definition) is 6. The first-order chi connectivity index (χ1) is 15.1. The molecule has 2 aliphatic heterocycles. The van der Waals surface area contributed by atoms with Gasteiger partial charge in [0.05, 0.1) is 27.7 Å². The molecule has 1 fully saturated rings. The Morgan fingerprint density at radius 3 is 2.87 bits per heavy atom. The van der Waals surface area contributed by atoms with Crippen molar-refractivity contribution in [3.63, 3.8) is 0 Å². The number of benzene rings is 1. The molecule has 3 aromatic rings. The fourth-order valence-electron chi connectivity index (χ4n) is 4.88. The molecule has 3 aliphatic rings. The zero-order valence-corrected chi connectivity index (χ0v) is 17.3. The monoisotopic (exact) mass is 435 g/mol. The molecule has 0 bridgehead atoms. The lowest BCUT2D eigenvalue weighted by molar-refractivity contribution is -0.131. The lowest BCUT2D eigenvalue weighted by Gasteiger charge is -2.35. The number of amides is 1. The third kappa shape index (κ3) is 2.81. The summed E-state index contributed by atoms with van der Waals surface area (Å²) in [6.07, 6.45) is 6.59. The van der Waals surface area contributed by atoms with E-state index >= 15 is 0 Å². The molecular formula is C23H18FN3O3S. The van der Waals surface area contributed by atoms with Crippen molar-refractivity contribution in [1.82, 2.24) is 9.97 Å². The van der Waals surface area contributed by atoms with Crippen LogP contribution in [0.3, 0.4) is 0 Å². The smallest absolute Gasteiger partial charge is 0.296 e. The van der Waals surface area contributed by atoms with Gasteiger partial charge in [-0.05, 0) is 49.1 Å². The number of hydrogen-bond donors (Lipinski definition) is 0. The van der Waals surface area contributed by atoms with Gasteiger partial charge in [0.2, 0.25) is 0 Å². The number of rotatable bonds is 2. The minimum atomic E-state index is -0.656. The minimum Gasteiger partial charge on any atom is -0.483 e. The van der Waals surface area contributed by atoms with Crippen LogP contribution in [0.2, 0.25) is 0 Å². The van der Waals surface area contributed by atoms with Crippen molar-refractivity contribution in [2.24, 2.45) is 5.92 Å². The van der Waals surface area contributed by atoms with Gasteiger partial charge >= 0.3 is 0 Å². The van der Waals surface area contributed by atoms with Crippen LogP contribution in [-0.2, 0) is 14.3 Å². The van der Waals surface area contributed by atoms with Crippen LogP contribution < -0.4 is 4.90 Å². The quantitative estimate of drug-likeness (QED) is 0.599. The van der Waals surface area contributed by atoms with Crippen LogP contribution in [0.15, 0.2) is 54.1 Å². The number of halogens is 1. The molecule has 2 aromatic heterocycles. The molecule has 1 aliphatic carbocycles. The number of Topliss-reactive ketones (excluding diaryl/α,β-unsaturated/α-hetero) is 1. The summed E-state index contributed by atoms with van der Waals surface area (Å²) in [7, 11) is 0. The van der Waals surface area contributed by atoms with Crippen LogP contribution in [0.4, 0.5) is 9.52 Å². The number of ether oxygens (including phenoxy) is 1. The molecule has 4 heterocycles. The summed E-state index contributed by atoms with van der Waals surface area (Å²) in [6, 6.07) is 7.31. The Bertz CT molecular complexity index is 1260. The van der Waals surface area contributed by atoms with Crippen molar-refractivity contribution >= 4 is 38.4 Å². The van der Waals surface area contributed by atoms with E-state index in [-0.39, 0.29) is 35.3 Å². The summed E-state index contributed by atoms with van der Waals surface area (Å²) in [6.45, 7) is 0. The average Bonchev–Trinajstić information content (AvgIpc) is 3.33. The number of carbonyl (C=O) groups excluding carboxylic acids is 2. The van der Waals surface area contributed by atoms with E-state index in [2.05, 4.69) is 9.97 Å². The molecule has 0 radical (unpaired) electrons. The van der Waals surface area contributed by atoms with Gasteiger partial charge in [-0.1, -0.05) is 23.8 Å². The van der Waals surface area contributed by atoms with E-state index in [1.54, 1.807) is 24.5 Å². The number of fused-ring (bicyclic) bond motifs is 2. The molecule has 3 unspecified atom stereocenters. The fraction of sp³-hybridized carbons (Fsp3) is 0.304. The molecule has 8 heteroatoms. The van der Waals surface area contributed by atoms with E-state index in [1.165, 1.54) is 28.4 Å². The number of anilines is 1. The molecule has 1 saturated carbocycles. The van der Waals surface area contributed by atoms with E-state index < -0.39 is 6.04 Å². The number of ketones is 1. The van der Waals surface area contributed by atoms with E-state index in [0.717, 1.165) is 31.2 Å². The van der Waals surface area contributed by atoms with Crippen molar-refractivity contribution in [2.75, 3.05) is 4.90 Å². The van der Waals surface area contributed by atoms with E-state index in [4.69, 9.17) is 4.74 Å². The highest BCUT2D eigenvalue weighted by Crippen LogP contribution is 2.49. The third-order valence-electron chi connectivity index (χ3n) is 6.31. The molecule has 6 nitrogen and oxygen atoms in total. The number of carbonyl (C=O) groups is 2. The SMILES string of the molecule is O=C1C2=C(OC3CCCCC13)C(=O)N(c1nc3ccc(F)cc3s1)C2c1cccnc1. The molecule has 0 N–H and O–H groups in total. The van der Waals surface area contributed by atoms with E-state index in [1.807, 2.05) is 6.07 Å². The van der Waals surface area contributed by atoms with Crippen molar-refractivity contribution in [3.05, 3.63) is 65.4 Å². The second-order valence-corrected chi connectivity index (χ2v) is 9.14. The number of nitrogens with zero attached hydrogens (tertiary/aromatic N) is 3. The highest BCUT2D eigenvalue weighted by Gasteiger charge is 2.53. The largest absolute Gasteiger partial charge is 0.483 e. The van der Waals surface area contributed by atoms with E-state index in [0.29, 0.717) is 20.9 Å². The molecule has 3 atom stereocenters. The summed E-state index contributed by atoms with van der Waals surface area (Å²) >= 11 is 1.22. The highest BCUT2D eigenvalue weighted by atomic mass is 32.1. The second-order valence-electron chi connectivity index (χ2n) is 8.13. The van der Waals surface area contributed by atoms with Crippen LogP contribution in [0.25, 0.3) is 10.2 Å². The van der Waals surface area contributed by atoms with Gasteiger partial charge in [0, 0.05) is 12.4 Å². The first-order valence-electron chi connectivity index (χ1n) is 10.4. The second kappa shape index (κ2) is 6.95. The van der Waals surface area contributed by atoms with Crippen molar-refractivity contribution in [1.29, 1.82) is 0 Å². The molecule has 1 aromatic carbocycles. The molecule has 6 rings (SSSR count). The van der Waals surface area contributed by atoms with Gasteiger partial charge in [-0.15, -0.1) is 0 Å². The predicted molar refractivity (Wildman–Crippen MR) is 113 cm³/mol. The Kier molecular flexibility index (Phi) is 4.17. The fourth-order valence-corrected chi connectivity index (χ4v) is 5.90. The van der Waals surface area contributed by atoms with Gasteiger partial charge < -0.3 is 4.74 Å². The van der Waals surface area contributed by atoms with E-state index in [9.17, 15) is 14.0 Å². The van der Waals surface area contributed by atoms with Crippen molar-refractivity contribution < 1.29 is 18.7 Å². The zero-order valence-electron chi connectivity index (χ0n) is 16.5. The number of thiazole rings is 1. The van der Waals surface area contributed by atoms with Crippen LogP contribution in [0, 0.1) is 11.7 Å². The van der Waals surface area contributed by atoms with Crippen LogP contribution in [-0.4, -0.2) is 27.8 Å². The predicted octanol–water partition coefficient (Wildman–Crippen LogP) is 4.33. The Hall–Kier alpha value is -3.13. The molecule has 156 valence electrons. The third-order valence-corrected chi connectivity index (χ3v) is 7.33. The minimum absolute atomic E-state index is 0.0113. The molecule has 0 saturated heterocycles. The Labute approximate surface area is 181 Å². The van der Waals surface area contributed by atoms with Gasteiger partial charge in [0.25, 0.3) is 5.91 Å². The van der Waals surface area contributed by atoms with Gasteiger partial charge in [0.1, 0.15) is 11.9 Å². The summed E-state index contributed by atoms with van der Waals surface area (Å²) in [4.78, 5) is 37.4. The highest BCUT2D eigenvalue weighted by molar-refractivity contribution is 7.22. The topological polar surface area (TPSA) is 72.4 Å². The molecule has 31 heavy (non-hydrogen) atoms. The Morgan fingerprint density at radius 1 is 1.16 bits per heavy atom. The van der Waals surface area contributed by atoms with Gasteiger partial charge in [-0.3, -0.25) is 19.5 Å². The summed E-state index contributed by atoms with van der Waals surface area (Å²) in [5.74, 6) is -0.834. The maximum atomic E-state index is 13.7. The van der Waals surface area contributed by atoms with Crippen molar-refractivity contribution in [3.8, 4) is 0 Å². The first kappa shape index (κ1) is 18.6. The average molecular weight is 435 g/mol. The van der Waals surface area contributed by atoms with Gasteiger partial charge in [0.15, 0.2) is 16.7 Å². The summed E-state index contributed by atoms with van der Waals surface area (Å²) in [5, 5.41) is 0.410. The van der Waals surface area contributed by atoms with Crippen LogP contribution in [0.5, 0.6) is 0 Å². The maximum Gasteiger partial charge on any atom is 0.296 e. The summed E-state index contributed by atoms with van der Waals surface area (Å²) < 4.78 is 20.5. The van der Waals surface area contributed by atoms with Gasteiger partial charge in [-0.25, -0.2) is 9.37 Å². The zero-order chi connectivity index (χ0) is 21.1. The number of pyridine rings is 1. The van der Waals surface area contributed by atoms with Crippen molar-refractivity contribution in [2.45, 2.75) is 37.8 Å². The molecule has 0 spiro atoms. The lowest BCUT2D eigenvalue weighted by atomic mass is 9.78. The Morgan fingerprint density at radius 2 is 2.03 bits per heavy atom. The Balaban J connectivity index is 1.51. The van der Waals surface area contributed by atoms with Crippen LogP contribution in [0.1, 0.15) is 37.3 Å². The summed E-state index contributed by atoms with van der Waals surface area (Å²) in [5.41, 5.74) is 1.72. The lowest BCUT2D eigenvalue weighted by Crippen LogP contribution is -2.39. The first-order valence-corrected chi connectivity index (χ1v) is 11.2.